The standard InChI is InChI=1S/C42H39N7O6/c1-4-53-40(50)37-13-7-10-34(46-37)31-19-16-28(22-43-31)25-49(26-29-17-20-32(44-23-29)35-11-8-14-38(47-35)41(51)54-5-2)27-30-18-21-33(45-24-30)36-12-9-15-39(48-36)42(52)55-6-3/h7-24H,4-6,25-27H2,1-3H3. The summed E-state index contributed by atoms with van der Waals surface area (Å²) < 4.78 is 15.3. The summed E-state index contributed by atoms with van der Waals surface area (Å²) in [6.07, 6.45) is 5.40. The first-order valence-electron chi connectivity index (χ1n) is 17.8. The minimum atomic E-state index is -0.482. The summed E-state index contributed by atoms with van der Waals surface area (Å²) in [7, 11) is 0. The molecule has 0 aliphatic carbocycles. The number of rotatable bonds is 15. The lowest BCUT2D eigenvalue weighted by molar-refractivity contribution is 0.0510. The minimum absolute atomic E-state index is 0.223. The van der Waals surface area contributed by atoms with Crippen molar-refractivity contribution in [2.45, 2.75) is 40.4 Å². The van der Waals surface area contributed by atoms with Crippen LogP contribution in [0.5, 0.6) is 0 Å². The molecule has 0 saturated heterocycles. The van der Waals surface area contributed by atoms with Gasteiger partial charge in [-0.15, -0.1) is 0 Å². The molecule has 278 valence electrons. The highest BCUT2D eigenvalue weighted by molar-refractivity contribution is 5.89. The molecule has 0 saturated carbocycles. The third-order valence-electron chi connectivity index (χ3n) is 8.18. The van der Waals surface area contributed by atoms with Gasteiger partial charge in [-0.2, -0.15) is 0 Å². The number of hydrogen-bond donors (Lipinski definition) is 0. The van der Waals surface area contributed by atoms with E-state index in [1.165, 1.54) is 0 Å². The molecule has 0 radical (unpaired) electrons. The third-order valence-corrected chi connectivity index (χ3v) is 8.18. The van der Waals surface area contributed by atoms with Gasteiger partial charge in [-0.1, -0.05) is 36.4 Å². The Kier molecular flexibility index (Phi) is 12.7. The first-order chi connectivity index (χ1) is 26.8. The predicted octanol–water partition coefficient (Wildman–Crippen LogP) is 6.79. The van der Waals surface area contributed by atoms with Crippen LogP contribution >= 0.6 is 0 Å². The van der Waals surface area contributed by atoms with Crippen LogP contribution in [0.4, 0.5) is 0 Å². The third kappa shape index (κ3) is 10.0. The van der Waals surface area contributed by atoms with Gasteiger partial charge >= 0.3 is 17.9 Å². The summed E-state index contributed by atoms with van der Waals surface area (Å²) in [5, 5.41) is 0. The molecule has 6 heterocycles. The van der Waals surface area contributed by atoms with Gasteiger partial charge in [-0.3, -0.25) is 19.9 Å². The van der Waals surface area contributed by atoms with Crippen LogP contribution in [-0.2, 0) is 33.8 Å². The number of nitrogens with zero attached hydrogens (tertiary/aromatic N) is 7. The van der Waals surface area contributed by atoms with Gasteiger partial charge in [0.15, 0.2) is 0 Å². The van der Waals surface area contributed by atoms with Crippen molar-refractivity contribution < 1.29 is 28.6 Å². The van der Waals surface area contributed by atoms with Crippen LogP contribution < -0.4 is 0 Å². The van der Waals surface area contributed by atoms with Gasteiger partial charge in [0.2, 0.25) is 0 Å². The van der Waals surface area contributed by atoms with Crippen molar-refractivity contribution in [2.75, 3.05) is 19.8 Å². The lowest BCUT2D eigenvalue weighted by Gasteiger charge is -2.23. The Morgan fingerprint density at radius 3 is 1.00 bits per heavy atom. The Balaban J connectivity index is 1.22. The largest absolute Gasteiger partial charge is 0.461 e. The zero-order valence-corrected chi connectivity index (χ0v) is 30.7. The maximum absolute atomic E-state index is 12.2. The van der Waals surface area contributed by atoms with Crippen LogP contribution in [-0.4, -0.2) is 72.5 Å². The van der Waals surface area contributed by atoms with Crippen molar-refractivity contribution in [3.63, 3.8) is 0 Å². The number of hydrogen-bond acceptors (Lipinski definition) is 13. The topological polar surface area (TPSA) is 159 Å². The van der Waals surface area contributed by atoms with Crippen molar-refractivity contribution in [3.05, 3.63) is 143 Å². The molecule has 0 atom stereocenters. The summed E-state index contributed by atoms with van der Waals surface area (Å²) in [4.78, 5) is 66.3. The van der Waals surface area contributed by atoms with E-state index >= 15 is 0 Å². The van der Waals surface area contributed by atoms with Gasteiger partial charge in [0.1, 0.15) is 17.1 Å². The molecule has 0 aliphatic rings. The second-order valence-electron chi connectivity index (χ2n) is 12.2. The Morgan fingerprint density at radius 1 is 0.436 bits per heavy atom. The fourth-order valence-corrected chi connectivity index (χ4v) is 5.64. The highest BCUT2D eigenvalue weighted by atomic mass is 16.5. The Morgan fingerprint density at radius 2 is 0.745 bits per heavy atom. The van der Waals surface area contributed by atoms with E-state index in [1.54, 1.807) is 94.0 Å². The van der Waals surface area contributed by atoms with Gasteiger partial charge in [-0.25, -0.2) is 29.3 Å². The van der Waals surface area contributed by atoms with Crippen molar-refractivity contribution in [2.24, 2.45) is 0 Å². The van der Waals surface area contributed by atoms with Crippen molar-refractivity contribution in [3.8, 4) is 34.2 Å². The fraction of sp³-hybridized carbons (Fsp3) is 0.214. The summed E-state index contributed by atoms with van der Waals surface area (Å²) in [6, 6.07) is 27.1. The van der Waals surface area contributed by atoms with Gasteiger partial charge < -0.3 is 14.2 Å². The van der Waals surface area contributed by atoms with E-state index in [4.69, 9.17) is 14.2 Å². The van der Waals surface area contributed by atoms with Gasteiger partial charge in [0.05, 0.1) is 54.0 Å². The van der Waals surface area contributed by atoms with E-state index < -0.39 is 17.9 Å². The second kappa shape index (κ2) is 18.3. The molecule has 0 amide bonds. The maximum Gasteiger partial charge on any atom is 0.356 e. The van der Waals surface area contributed by atoms with Gasteiger partial charge in [0.25, 0.3) is 0 Å². The number of aromatic nitrogens is 6. The lowest BCUT2D eigenvalue weighted by atomic mass is 10.1. The van der Waals surface area contributed by atoms with Crippen LogP contribution in [0.1, 0.15) is 68.9 Å². The van der Waals surface area contributed by atoms with E-state index in [9.17, 15) is 14.4 Å². The number of esters is 3. The highest BCUT2D eigenvalue weighted by Gasteiger charge is 2.15. The van der Waals surface area contributed by atoms with Crippen LogP contribution in [0.2, 0.25) is 0 Å². The molecule has 6 aromatic heterocycles. The summed E-state index contributed by atoms with van der Waals surface area (Å²) in [6.45, 7) is 7.66. The maximum atomic E-state index is 12.2. The van der Waals surface area contributed by atoms with Gasteiger partial charge in [0, 0.05) is 38.2 Å². The number of ether oxygens (including phenoxy) is 3. The average molecular weight is 738 g/mol. The first-order valence-corrected chi connectivity index (χ1v) is 17.8. The highest BCUT2D eigenvalue weighted by Crippen LogP contribution is 2.22. The Hall–Kier alpha value is -6.73. The minimum Gasteiger partial charge on any atom is -0.461 e. The SMILES string of the molecule is CCOC(=O)c1cccc(-c2ccc(CN(Cc3ccc(-c4cccc(C(=O)OCC)n4)nc3)Cc3ccc(-c4cccc(C(=O)OCC)n4)nc3)cn2)n1. The molecule has 0 fully saturated rings. The van der Waals surface area contributed by atoms with E-state index in [1.807, 2.05) is 36.4 Å². The molecular weight excluding hydrogens is 699 g/mol. The zero-order chi connectivity index (χ0) is 38.6. The molecular formula is C42H39N7O6. The van der Waals surface area contributed by atoms with E-state index in [0.29, 0.717) is 53.8 Å². The molecule has 13 heteroatoms. The molecule has 55 heavy (non-hydrogen) atoms. The van der Waals surface area contributed by atoms with Crippen molar-refractivity contribution >= 4 is 17.9 Å². The zero-order valence-electron chi connectivity index (χ0n) is 30.7. The van der Waals surface area contributed by atoms with Crippen molar-refractivity contribution in [1.29, 1.82) is 0 Å². The number of carbonyl (C=O) groups is 3. The summed E-state index contributed by atoms with van der Waals surface area (Å²) in [5.41, 5.74) is 7.12. The van der Waals surface area contributed by atoms with E-state index in [2.05, 4.69) is 34.8 Å². The molecule has 0 aliphatic heterocycles. The fourth-order valence-electron chi connectivity index (χ4n) is 5.64. The van der Waals surface area contributed by atoms with E-state index in [-0.39, 0.29) is 36.9 Å². The molecule has 0 unspecified atom stereocenters. The van der Waals surface area contributed by atoms with Crippen LogP contribution in [0.15, 0.2) is 110 Å². The number of carbonyl (C=O) groups excluding carboxylic acids is 3. The molecule has 13 nitrogen and oxygen atoms in total. The lowest BCUT2D eigenvalue weighted by Crippen LogP contribution is -2.22. The quantitative estimate of drug-likeness (QED) is 0.0802. The summed E-state index contributed by atoms with van der Waals surface area (Å²) >= 11 is 0. The van der Waals surface area contributed by atoms with E-state index in [0.717, 1.165) is 16.7 Å². The predicted molar refractivity (Wildman–Crippen MR) is 203 cm³/mol. The average Bonchev–Trinajstić information content (AvgIpc) is 3.22. The molecule has 6 aromatic rings. The summed E-state index contributed by atoms with van der Waals surface area (Å²) in [5.74, 6) is -1.45. The normalized spacial score (nSPS) is 10.9. The Labute approximate surface area is 318 Å². The molecule has 6 rings (SSSR count). The van der Waals surface area contributed by atoms with Crippen LogP contribution in [0.3, 0.4) is 0 Å². The Bertz CT molecular complexity index is 1990. The first kappa shape index (κ1) is 38.0. The molecule has 0 aromatic carbocycles. The number of pyridine rings is 6. The molecule has 0 bridgehead atoms. The monoisotopic (exact) mass is 737 g/mol. The smallest absolute Gasteiger partial charge is 0.356 e. The molecule has 0 N–H and O–H groups in total. The van der Waals surface area contributed by atoms with Crippen molar-refractivity contribution in [1.82, 2.24) is 34.8 Å². The molecule has 0 spiro atoms. The second-order valence-corrected chi connectivity index (χ2v) is 12.2. The van der Waals surface area contributed by atoms with Gasteiger partial charge in [-0.05, 0) is 92.1 Å². The van der Waals surface area contributed by atoms with Crippen LogP contribution in [0.25, 0.3) is 34.2 Å². The van der Waals surface area contributed by atoms with Crippen LogP contribution in [0, 0.1) is 0 Å².